The van der Waals surface area contributed by atoms with Gasteiger partial charge in [0.2, 0.25) is 0 Å². The number of nitrogens with one attached hydrogen (secondary N) is 1. The van der Waals surface area contributed by atoms with Gasteiger partial charge in [-0.1, -0.05) is 17.7 Å². The largest absolute Gasteiger partial charge is 0.392 e. The van der Waals surface area contributed by atoms with Crippen LogP contribution in [0.5, 0.6) is 0 Å². The number of aryl methyl sites for hydroxylation is 1. The first kappa shape index (κ1) is 14.3. The van der Waals surface area contributed by atoms with Crippen LogP contribution in [0.25, 0.3) is 0 Å². The van der Waals surface area contributed by atoms with E-state index >= 15 is 0 Å². The lowest BCUT2D eigenvalue weighted by molar-refractivity contribution is 0.281. The van der Waals surface area contributed by atoms with Gasteiger partial charge in [-0.05, 0) is 24.6 Å². The van der Waals surface area contributed by atoms with Crippen molar-refractivity contribution in [3.63, 3.8) is 0 Å². The summed E-state index contributed by atoms with van der Waals surface area (Å²) in [6.45, 7) is 1.57. The number of hydrogen-bond donors (Lipinski definition) is 2. The van der Waals surface area contributed by atoms with Gasteiger partial charge in [0.1, 0.15) is 4.90 Å². The van der Waals surface area contributed by atoms with Crippen LogP contribution in [0, 0.1) is 6.92 Å². The summed E-state index contributed by atoms with van der Waals surface area (Å²) in [5.41, 5.74) is 0.472. The average Bonchev–Trinajstić information content (AvgIpc) is 2.74. The minimum Gasteiger partial charge on any atom is -0.392 e. The summed E-state index contributed by atoms with van der Waals surface area (Å²) in [6.07, 6.45) is 1.58. The first-order valence-electron chi connectivity index (χ1n) is 5.27. The molecule has 2 N–H and O–H groups in total. The first-order valence-corrected chi connectivity index (χ1v) is 7.94. The molecular formula is C11H11ClN2O3S2. The maximum absolute atomic E-state index is 12.2. The summed E-state index contributed by atoms with van der Waals surface area (Å²) in [5, 5.41) is 9.42. The molecule has 5 nitrogen and oxygen atoms in total. The Hall–Kier alpha value is -1.15. The van der Waals surface area contributed by atoms with Gasteiger partial charge in [0.15, 0.2) is 5.13 Å². The predicted molar refractivity (Wildman–Crippen MR) is 75.0 cm³/mol. The first-order chi connectivity index (χ1) is 8.92. The number of benzene rings is 1. The number of nitrogens with zero attached hydrogens (tertiary/aromatic N) is 1. The Kier molecular flexibility index (Phi) is 4.10. The second kappa shape index (κ2) is 5.46. The molecule has 0 saturated heterocycles. The highest BCUT2D eigenvalue weighted by Gasteiger charge is 2.19. The fraction of sp³-hybridized carbons (Fsp3) is 0.182. The Balaban J connectivity index is 2.39. The van der Waals surface area contributed by atoms with Crippen LogP contribution >= 0.6 is 22.9 Å². The summed E-state index contributed by atoms with van der Waals surface area (Å²) in [6, 6.07) is 4.34. The maximum atomic E-state index is 12.2. The highest BCUT2D eigenvalue weighted by atomic mass is 35.5. The van der Waals surface area contributed by atoms with Crippen LogP contribution in [0.4, 0.5) is 5.13 Å². The van der Waals surface area contributed by atoms with E-state index in [0.717, 1.165) is 4.88 Å². The molecule has 1 heterocycles. The number of aromatic nitrogens is 1. The Bertz CT molecular complexity index is 698. The molecule has 0 radical (unpaired) electrons. The zero-order valence-corrected chi connectivity index (χ0v) is 12.3. The van der Waals surface area contributed by atoms with E-state index in [-0.39, 0.29) is 21.7 Å². The fourth-order valence-electron chi connectivity index (χ4n) is 1.42. The summed E-state index contributed by atoms with van der Waals surface area (Å²) in [7, 11) is -3.81. The number of hydrogen-bond acceptors (Lipinski definition) is 5. The molecule has 1 aromatic heterocycles. The monoisotopic (exact) mass is 318 g/mol. The molecule has 0 atom stereocenters. The van der Waals surface area contributed by atoms with Crippen LogP contribution in [0.2, 0.25) is 5.02 Å². The van der Waals surface area contributed by atoms with Gasteiger partial charge in [-0.15, -0.1) is 11.3 Å². The lowest BCUT2D eigenvalue weighted by atomic mass is 10.2. The summed E-state index contributed by atoms with van der Waals surface area (Å²) < 4.78 is 26.7. The quantitative estimate of drug-likeness (QED) is 0.907. The lowest BCUT2D eigenvalue weighted by Gasteiger charge is -2.08. The van der Waals surface area contributed by atoms with Gasteiger partial charge >= 0.3 is 0 Å². The predicted octanol–water partition coefficient (Wildman–Crippen LogP) is 2.40. The van der Waals surface area contributed by atoms with Gasteiger partial charge in [0.05, 0.1) is 11.6 Å². The van der Waals surface area contributed by atoms with E-state index < -0.39 is 10.0 Å². The second-order valence-corrected chi connectivity index (χ2v) is 7.10. The standard InChI is InChI=1S/C11H11ClN2O3S2/c1-7-5-13-11(18-7)14-19(16,17)10-4-8(6-15)2-3-9(10)12/h2-5,15H,6H2,1H3,(H,13,14). The number of thiazole rings is 1. The fourth-order valence-corrected chi connectivity index (χ4v) is 3.88. The molecule has 19 heavy (non-hydrogen) atoms. The minimum absolute atomic E-state index is 0.0754. The molecule has 102 valence electrons. The molecule has 2 aromatic rings. The van der Waals surface area contributed by atoms with Crippen LogP contribution < -0.4 is 4.72 Å². The van der Waals surface area contributed by atoms with Gasteiger partial charge in [-0.25, -0.2) is 13.4 Å². The molecule has 0 spiro atoms. The van der Waals surface area contributed by atoms with E-state index in [2.05, 4.69) is 9.71 Å². The molecule has 0 bridgehead atoms. The highest BCUT2D eigenvalue weighted by Crippen LogP contribution is 2.26. The van der Waals surface area contributed by atoms with E-state index in [1.807, 2.05) is 6.92 Å². The number of rotatable bonds is 4. The summed E-state index contributed by atoms with van der Waals surface area (Å²) in [5.74, 6) is 0. The third-order valence-electron chi connectivity index (χ3n) is 2.31. The SMILES string of the molecule is Cc1cnc(NS(=O)(=O)c2cc(CO)ccc2Cl)s1. The maximum Gasteiger partial charge on any atom is 0.265 e. The van der Waals surface area contributed by atoms with E-state index in [0.29, 0.717) is 5.56 Å². The molecule has 0 saturated carbocycles. The van der Waals surface area contributed by atoms with Crippen LogP contribution in [0.1, 0.15) is 10.4 Å². The highest BCUT2D eigenvalue weighted by molar-refractivity contribution is 7.93. The zero-order valence-electron chi connectivity index (χ0n) is 9.92. The Labute approximate surface area is 119 Å². The third kappa shape index (κ3) is 3.24. The zero-order chi connectivity index (χ0) is 14.0. The van der Waals surface area contributed by atoms with E-state index in [4.69, 9.17) is 16.7 Å². The summed E-state index contributed by atoms with van der Waals surface area (Å²) >= 11 is 7.12. The Morgan fingerprint density at radius 2 is 2.21 bits per heavy atom. The molecule has 2 rings (SSSR count). The van der Waals surface area contributed by atoms with Crippen molar-refractivity contribution in [3.05, 3.63) is 39.9 Å². The van der Waals surface area contributed by atoms with Crippen molar-refractivity contribution >= 4 is 38.1 Å². The molecule has 0 aliphatic carbocycles. The van der Waals surface area contributed by atoms with Crippen LogP contribution in [0.15, 0.2) is 29.3 Å². The van der Waals surface area contributed by atoms with Crippen molar-refractivity contribution in [3.8, 4) is 0 Å². The molecule has 0 amide bonds. The van der Waals surface area contributed by atoms with Gasteiger partial charge in [0, 0.05) is 11.1 Å². The van der Waals surface area contributed by atoms with Crippen molar-refractivity contribution in [2.45, 2.75) is 18.4 Å². The number of aliphatic hydroxyl groups is 1. The number of sulfonamides is 1. The van der Waals surface area contributed by atoms with E-state index in [1.54, 1.807) is 12.3 Å². The number of halogens is 1. The van der Waals surface area contributed by atoms with Crippen LogP contribution in [-0.4, -0.2) is 18.5 Å². The van der Waals surface area contributed by atoms with Crippen molar-refractivity contribution in [2.24, 2.45) is 0 Å². The molecule has 0 unspecified atom stereocenters. The van der Waals surface area contributed by atoms with Gasteiger partial charge in [-0.2, -0.15) is 0 Å². The van der Waals surface area contributed by atoms with Gasteiger partial charge in [-0.3, -0.25) is 4.72 Å². The molecule has 0 aliphatic rings. The molecular weight excluding hydrogens is 308 g/mol. The van der Waals surface area contributed by atoms with E-state index in [1.165, 1.54) is 23.5 Å². The van der Waals surface area contributed by atoms with Crippen LogP contribution in [0.3, 0.4) is 0 Å². The summed E-state index contributed by atoms with van der Waals surface area (Å²) in [4.78, 5) is 4.76. The third-order valence-corrected chi connectivity index (χ3v) is 5.09. The topological polar surface area (TPSA) is 79.3 Å². The van der Waals surface area contributed by atoms with E-state index in [9.17, 15) is 8.42 Å². The minimum atomic E-state index is -3.81. The van der Waals surface area contributed by atoms with Crippen molar-refractivity contribution < 1.29 is 13.5 Å². The number of anilines is 1. The number of aliphatic hydroxyl groups excluding tert-OH is 1. The van der Waals surface area contributed by atoms with Crippen molar-refractivity contribution in [1.29, 1.82) is 0 Å². The average molecular weight is 319 g/mol. The molecule has 0 aliphatic heterocycles. The van der Waals surface area contributed by atoms with Crippen molar-refractivity contribution in [2.75, 3.05) is 4.72 Å². The molecule has 1 aromatic carbocycles. The molecule has 0 fully saturated rings. The smallest absolute Gasteiger partial charge is 0.265 e. The van der Waals surface area contributed by atoms with Gasteiger partial charge in [0.25, 0.3) is 10.0 Å². The lowest BCUT2D eigenvalue weighted by Crippen LogP contribution is -2.13. The Morgan fingerprint density at radius 3 is 2.79 bits per heavy atom. The second-order valence-electron chi connectivity index (χ2n) is 3.80. The van der Waals surface area contributed by atoms with Crippen LogP contribution in [-0.2, 0) is 16.6 Å². The molecule has 8 heteroatoms. The normalized spacial score (nSPS) is 11.5. The van der Waals surface area contributed by atoms with Gasteiger partial charge < -0.3 is 5.11 Å². The van der Waals surface area contributed by atoms with Crippen molar-refractivity contribution in [1.82, 2.24) is 4.98 Å². The Morgan fingerprint density at radius 1 is 1.47 bits per heavy atom.